The molecule has 156 valence electrons. The van der Waals surface area contributed by atoms with Crippen LogP contribution in [0.3, 0.4) is 0 Å². The van der Waals surface area contributed by atoms with Crippen LogP contribution in [-0.4, -0.2) is 18.4 Å². The third-order valence-corrected chi connectivity index (χ3v) is 5.98. The first-order chi connectivity index (χ1) is 15.7. The average Bonchev–Trinajstić information content (AvgIpc) is 3.14. The van der Waals surface area contributed by atoms with E-state index in [9.17, 15) is 9.59 Å². The number of allylic oxidation sites excluding steroid dienone is 1. The lowest BCUT2D eigenvalue weighted by atomic mass is 9.83. The number of carbonyl (C=O) groups is 2. The van der Waals surface area contributed by atoms with Gasteiger partial charge in [-0.15, -0.1) is 0 Å². The summed E-state index contributed by atoms with van der Waals surface area (Å²) in [5.41, 5.74) is 3.99. The molecule has 32 heavy (non-hydrogen) atoms. The monoisotopic (exact) mass is 422 g/mol. The molecule has 0 N–H and O–H groups in total. The van der Waals surface area contributed by atoms with Gasteiger partial charge in [0.1, 0.15) is 23.9 Å². The molecule has 0 saturated heterocycles. The van der Waals surface area contributed by atoms with E-state index in [0.29, 0.717) is 23.7 Å². The molecule has 0 saturated carbocycles. The third-order valence-electron chi connectivity index (χ3n) is 5.98. The van der Waals surface area contributed by atoms with Crippen LogP contribution in [0.15, 0.2) is 78.1 Å². The van der Waals surface area contributed by atoms with Gasteiger partial charge < -0.3 is 14.2 Å². The lowest BCUT2D eigenvalue weighted by Gasteiger charge is -2.29. The Labute approximate surface area is 184 Å². The van der Waals surface area contributed by atoms with Crippen LogP contribution in [0, 0.1) is 0 Å². The Morgan fingerprint density at radius 2 is 1.66 bits per heavy atom. The van der Waals surface area contributed by atoms with Gasteiger partial charge in [-0.05, 0) is 41.5 Å². The summed E-state index contributed by atoms with van der Waals surface area (Å²) < 4.78 is 17.6. The molecule has 0 bridgehead atoms. The molecule has 1 unspecified atom stereocenters. The van der Waals surface area contributed by atoms with E-state index in [1.807, 2.05) is 54.6 Å². The molecule has 5 heteroatoms. The van der Waals surface area contributed by atoms with E-state index in [1.165, 1.54) is 0 Å². The lowest BCUT2D eigenvalue weighted by Crippen LogP contribution is -2.24. The van der Waals surface area contributed by atoms with Gasteiger partial charge in [-0.1, -0.05) is 48.5 Å². The Hall–Kier alpha value is -4.12. The van der Waals surface area contributed by atoms with Gasteiger partial charge in [-0.2, -0.15) is 0 Å². The Balaban J connectivity index is 1.45. The molecule has 5 nitrogen and oxygen atoms in total. The Morgan fingerprint density at radius 1 is 0.844 bits per heavy atom. The zero-order chi connectivity index (χ0) is 21.7. The smallest absolute Gasteiger partial charge is 0.312 e. The number of hydrogen-bond acceptors (Lipinski definition) is 5. The first kappa shape index (κ1) is 18.6. The van der Waals surface area contributed by atoms with E-state index in [4.69, 9.17) is 14.2 Å². The van der Waals surface area contributed by atoms with E-state index in [2.05, 4.69) is 6.08 Å². The minimum absolute atomic E-state index is 0.163. The van der Waals surface area contributed by atoms with Crippen molar-refractivity contribution >= 4 is 23.9 Å². The molecule has 6 rings (SSSR count). The van der Waals surface area contributed by atoms with Crippen molar-refractivity contribution in [2.45, 2.75) is 12.3 Å². The Bertz CT molecular complexity index is 1330. The fraction of sp³-hybridized carbons (Fsp3) is 0.111. The average molecular weight is 422 g/mol. The van der Waals surface area contributed by atoms with Gasteiger partial charge in [0.05, 0.1) is 12.0 Å². The van der Waals surface area contributed by atoms with Crippen molar-refractivity contribution in [1.82, 2.24) is 0 Å². The van der Waals surface area contributed by atoms with E-state index in [0.717, 1.165) is 28.0 Å². The molecule has 0 aliphatic carbocycles. The van der Waals surface area contributed by atoms with Gasteiger partial charge in [0.2, 0.25) is 5.78 Å². The van der Waals surface area contributed by atoms with Crippen LogP contribution in [0.2, 0.25) is 0 Å². The van der Waals surface area contributed by atoms with Crippen LogP contribution < -0.4 is 14.2 Å². The van der Waals surface area contributed by atoms with Crippen molar-refractivity contribution in [3.8, 4) is 17.2 Å². The first-order valence-corrected chi connectivity index (χ1v) is 10.5. The van der Waals surface area contributed by atoms with Crippen molar-refractivity contribution in [2.75, 3.05) is 6.61 Å². The standard InChI is InChI=1S/C27H18O5/c28-24-14-20(18-13-17-8-4-5-9-21(17)30-15-18)25-22(31-24)11-10-19-26(29)23(32-27(19)25)12-16-6-2-1-3-7-16/h1-13,20H,14-15H2/b23-12-. The van der Waals surface area contributed by atoms with Crippen LogP contribution in [0.1, 0.15) is 39.4 Å². The minimum atomic E-state index is -0.313. The summed E-state index contributed by atoms with van der Waals surface area (Å²) in [5.74, 6) is 1.18. The summed E-state index contributed by atoms with van der Waals surface area (Å²) in [6.45, 7) is 0.360. The topological polar surface area (TPSA) is 61.8 Å². The quantitative estimate of drug-likeness (QED) is 0.324. The van der Waals surface area contributed by atoms with Gasteiger partial charge in [0.25, 0.3) is 0 Å². The highest BCUT2D eigenvalue weighted by molar-refractivity contribution is 6.15. The molecular formula is C27H18O5. The molecule has 0 amide bonds. The molecule has 3 aliphatic rings. The molecule has 0 aromatic heterocycles. The number of benzene rings is 3. The Morgan fingerprint density at radius 3 is 2.53 bits per heavy atom. The minimum Gasteiger partial charge on any atom is -0.489 e. The van der Waals surface area contributed by atoms with Crippen molar-refractivity contribution in [1.29, 1.82) is 0 Å². The zero-order valence-corrected chi connectivity index (χ0v) is 17.0. The predicted molar refractivity (Wildman–Crippen MR) is 119 cm³/mol. The van der Waals surface area contributed by atoms with Crippen LogP contribution >= 0.6 is 0 Å². The highest BCUT2D eigenvalue weighted by atomic mass is 16.5. The van der Waals surface area contributed by atoms with Crippen LogP contribution in [-0.2, 0) is 4.79 Å². The number of para-hydroxylation sites is 1. The van der Waals surface area contributed by atoms with Gasteiger partial charge >= 0.3 is 5.97 Å². The number of fused-ring (bicyclic) bond motifs is 4. The molecule has 3 aromatic rings. The number of esters is 1. The van der Waals surface area contributed by atoms with Gasteiger partial charge in [0, 0.05) is 17.0 Å². The summed E-state index contributed by atoms with van der Waals surface area (Å²) in [6.07, 6.45) is 3.96. The van der Waals surface area contributed by atoms with Gasteiger partial charge in [-0.3, -0.25) is 9.59 Å². The molecule has 3 heterocycles. The van der Waals surface area contributed by atoms with E-state index < -0.39 is 0 Å². The highest BCUT2D eigenvalue weighted by Gasteiger charge is 2.39. The number of ether oxygens (including phenoxy) is 3. The summed E-state index contributed by atoms with van der Waals surface area (Å²) in [4.78, 5) is 25.4. The van der Waals surface area contributed by atoms with Crippen molar-refractivity contribution in [2.24, 2.45) is 0 Å². The highest BCUT2D eigenvalue weighted by Crippen LogP contribution is 2.50. The summed E-state index contributed by atoms with van der Waals surface area (Å²) in [6, 6.07) is 20.7. The maximum atomic E-state index is 13.1. The molecule has 1 atom stereocenters. The number of rotatable bonds is 2. The normalized spacial score (nSPS) is 19.8. The molecule has 3 aromatic carbocycles. The maximum absolute atomic E-state index is 13.1. The lowest BCUT2D eigenvalue weighted by molar-refractivity contribution is -0.135. The van der Waals surface area contributed by atoms with E-state index >= 15 is 0 Å². The number of Topliss-reactive ketones (excluding diaryl/α,β-unsaturated/α-hetero) is 1. The molecule has 0 fully saturated rings. The summed E-state index contributed by atoms with van der Waals surface area (Å²) >= 11 is 0. The number of ketones is 1. The van der Waals surface area contributed by atoms with Gasteiger partial charge in [-0.25, -0.2) is 0 Å². The second-order valence-electron chi connectivity index (χ2n) is 7.98. The zero-order valence-electron chi connectivity index (χ0n) is 17.0. The molecule has 3 aliphatic heterocycles. The van der Waals surface area contributed by atoms with Crippen molar-refractivity contribution in [3.05, 3.63) is 100 Å². The summed E-state index contributed by atoms with van der Waals surface area (Å²) in [5, 5.41) is 0. The second kappa shape index (κ2) is 7.24. The predicted octanol–water partition coefficient (Wildman–Crippen LogP) is 5.17. The van der Waals surface area contributed by atoms with Crippen LogP contribution in [0.4, 0.5) is 0 Å². The fourth-order valence-electron chi connectivity index (χ4n) is 4.46. The molecule has 0 radical (unpaired) electrons. The van der Waals surface area contributed by atoms with E-state index in [1.54, 1.807) is 18.2 Å². The van der Waals surface area contributed by atoms with Crippen molar-refractivity contribution in [3.63, 3.8) is 0 Å². The van der Waals surface area contributed by atoms with Crippen LogP contribution in [0.5, 0.6) is 17.2 Å². The van der Waals surface area contributed by atoms with Gasteiger partial charge in [0.15, 0.2) is 5.76 Å². The Kier molecular flexibility index (Phi) is 4.21. The second-order valence-corrected chi connectivity index (χ2v) is 7.98. The molecular weight excluding hydrogens is 404 g/mol. The largest absolute Gasteiger partial charge is 0.489 e. The number of carbonyl (C=O) groups excluding carboxylic acids is 2. The van der Waals surface area contributed by atoms with Crippen molar-refractivity contribution < 1.29 is 23.8 Å². The fourth-order valence-corrected chi connectivity index (χ4v) is 4.46. The van der Waals surface area contributed by atoms with Crippen LogP contribution in [0.25, 0.3) is 12.2 Å². The number of hydrogen-bond donors (Lipinski definition) is 0. The maximum Gasteiger partial charge on any atom is 0.312 e. The van der Waals surface area contributed by atoms with E-state index in [-0.39, 0.29) is 29.9 Å². The third kappa shape index (κ3) is 3.02. The summed E-state index contributed by atoms with van der Waals surface area (Å²) in [7, 11) is 0. The molecule has 0 spiro atoms. The first-order valence-electron chi connectivity index (χ1n) is 10.5. The SMILES string of the molecule is O=C1CC(C2=Cc3ccccc3OC2)c2c(ccc3c2O/C(=C\c2ccccc2)C3=O)O1.